The number of unbranched alkanes of at least 4 members (excludes halogenated alkanes) is 3. The number of nitriles is 1. The second-order valence-electron chi connectivity index (χ2n) is 9.54. The van der Waals surface area contributed by atoms with Crippen molar-refractivity contribution in [1.82, 2.24) is 4.90 Å². The number of carbonyl (C=O) groups excluding carboxylic acids is 2. The van der Waals surface area contributed by atoms with Crippen molar-refractivity contribution >= 4 is 11.6 Å². The summed E-state index contributed by atoms with van der Waals surface area (Å²) in [7, 11) is 0. The average Bonchev–Trinajstić information content (AvgIpc) is 3.26. The van der Waals surface area contributed by atoms with Gasteiger partial charge in [0.1, 0.15) is 6.07 Å². The molecule has 0 amide bonds. The van der Waals surface area contributed by atoms with Crippen LogP contribution in [0.15, 0.2) is 22.4 Å². The van der Waals surface area contributed by atoms with E-state index in [1.165, 1.54) is 6.42 Å². The molecule has 1 heterocycles. The van der Waals surface area contributed by atoms with Crippen LogP contribution in [-0.2, 0) is 9.59 Å². The summed E-state index contributed by atoms with van der Waals surface area (Å²) < 4.78 is 0. The van der Waals surface area contributed by atoms with Crippen molar-refractivity contribution in [1.29, 1.82) is 5.26 Å². The molecule has 0 aromatic heterocycles. The summed E-state index contributed by atoms with van der Waals surface area (Å²) in [4.78, 5) is 28.3. The highest BCUT2D eigenvalue weighted by Crippen LogP contribution is 2.46. The fraction of sp³-hybridized carbons (Fsp3) is 0.708. The summed E-state index contributed by atoms with van der Waals surface area (Å²) in [6.07, 6.45) is 9.38. The van der Waals surface area contributed by atoms with Crippen molar-refractivity contribution in [3.63, 3.8) is 0 Å². The van der Waals surface area contributed by atoms with E-state index in [1.54, 1.807) is 0 Å². The second kappa shape index (κ2) is 8.64. The molecule has 4 heteroatoms. The number of rotatable bonds is 6. The minimum atomic E-state index is -0.174. The highest BCUT2D eigenvalue weighted by molar-refractivity contribution is 6.27. The molecule has 0 spiro atoms. The Morgan fingerprint density at radius 1 is 1.11 bits per heavy atom. The van der Waals surface area contributed by atoms with Crippen LogP contribution in [0.1, 0.15) is 85.0 Å². The number of hydrogen-bond acceptors (Lipinski definition) is 4. The Kier molecular flexibility index (Phi) is 6.43. The van der Waals surface area contributed by atoms with Crippen molar-refractivity contribution in [3.05, 3.63) is 22.4 Å². The van der Waals surface area contributed by atoms with Crippen molar-refractivity contribution in [2.24, 2.45) is 11.3 Å². The van der Waals surface area contributed by atoms with Gasteiger partial charge in [-0.1, -0.05) is 46.5 Å². The van der Waals surface area contributed by atoms with Crippen molar-refractivity contribution < 1.29 is 9.59 Å². The predicted octanol–water partition coefficient (Wildman–Crippen LogP) is 5.10. The lowest BCUT2D eigenvalue weighted by Crippen LogP contribution is -2.31. The Morgan fingerprint density at radius 2 is 1.82 bits per heavy atom. The van der Waals surface area contributed by atoms with Crippen LogP contribution in [0.3, 0.4) is 0 Å². The Hall–Kier alpha value is -1.89. The summed E-state index contributed by atoms with van der Waals surface area (Å²) >= 11 is 0. The molecule has 0 aromatic carbocycles. The van der Waals surface area contributed by atoms with Crippen molar-refractivity contribution in [3.8, 4) is 6.07 Å². The van der Waals surface area contributed by atoms with Gasteiger partial charge in [0.25, 0.3) is 0 Å². The lowest BCUT2D eigenvalue weighted by molar-refractivity contribution is -0.118. The standard InChI is InChI=1S/C24H34N2O2/c1-4-5-6-7-10-17-13-21(27)22(23(17)28)18-14-24(2,3)15-20(19(18)16-25)26-11-8-9-12-26/h17H,4-15H2,1-3H3/b22-18-. The Labute approximate surface area is 169 Å². The van der Waals surface area contributed by atoms with Gasteiger partial charge in [0.05, 0.1) is 11.1 Å². The van der Waals surface area contributed by atoms with Gasteiger partial charge in [-0.25, -0.2) is 0 Å². The van der Waals surface area contributed by atoms with Crippen molar-refractivity contribution in [2.75, 3.05) is 13.1 Å². The molecule has 1 aliphatic heterocycles. The Morgan fingerprint density at radius 3 is 2.46 bits per heavy atom. The van der Waals surface area contributed by atoms with Crippen molar-refractivity contribution in [2.45, 2.75) is 85.0 Å². The van der Waals surface area contributed by atoms with Gasteiger partial charge in [0.2, 0.25) is 0 Å². The number of allylic oxidation sites excluding steroid dienone is 4. The van der Waals surface area contributed by atoms with E-state index in [9.17, 15) is 14.9 Å². The van der Waals surface area contributed by atoms with Gasteiger partial charge in [-0.3, -0.25) is 9.59 Å². The maximum atomic E-state index is 13.2. The van der Waals surface area contributed by atoms with Crippen LogP contribution in [0.25, 0.3) is 0 Å². The Bertz CT molecular complexity index is 745. The fourth-order valence-electron chi connectivity index (χ4n) is 5.08. The number of likely N-dealkylation sites (tertiary alicyclic amines) is 1. The van der Waals surface area contributed by atoms with E-state index >= 15 is 0 Å². The largest absolute Gasteiger partial charge is 0.374 e. The number of nitrogens with zero attached hydrogens (tertiary/aromatic N) is 2. The molecule has 3 rings (SSSR count). The maximum Gasteiger partial charge on any atom is 0.170 e. The maximum absolute atomic E-state index is 13.2. The molecule has 0 aromatic rings. The third kappa shape index (κ3) is 4.24. The number of carbonyl (C=O) groups is 2. The van der Waals surface area contributed by atoms with Crippen LogP contribution in [0.4, 0.5) is 0 Å². The first kappa shape index (κ1) is 20.8. The van der Waals surface area contributed by atoms with Crippen LogP contribution in [-0.4, -0.2) is 29.6 Å². The average molecular weight is 383 g/mol. The third-order valence-electron chi connectivity index (χ3n) is 6.53. The summed E-state index contributed by atoms with van der Waals surface area (Å²) in [5.41, 5.74) is 2.74. The zero-order chi connectivity index (χ0) is 20.3. The highest BCUT2D eigenvalue weighted by atomic mass is 16.2. The first-order chi connectivity index (χ1) is 13.4. The minimum Gasteiger partial charge on any atom is -0.374 e. The first-order valence-corrected chi connectivity index (χ1v) is 11.1. The lowest BCUT2D eigenvalue weighted by Gasteiger charge is -2.37. The SMILES string of the molecule is CCCCCCC1CC(=O)/C(=C2\CC(C)(C)CC(N3CCCC3)=C2C#N)C1=O. The van der Waals surface area contributed by atoms with Gasteiger partial charge >= 0.3 is 0 Å². The molecule has 1 saturated heterocycles. The summed E-state index contributed by atoms with van der Waals surface area (Å²) in [5, 5.41) is 9.97. The van der Waals surface area contributed by atoms with Crippen LogP contribution in [0.2, 0.25) is 0 Å². The molecule has 2 aliphatic carbocycles. The zero-order valence-corrected chi connectivity index (χ0v) is 17.8. The minimum absolute atomic E-state index is 0.00252. The molecule has 1 unspecified atom stereocenters. The molecule has 0 N–H and O–H groups in total. The monoisotopic (exact) mass is 382 g/mol. The number of hydrogen-bond donors (Lipinski definition) is 0. The topological polar surface area (TPSA) is 61.2 Å². The third-order valence-corrected chi connectivity index (χ3v) is 6.53. The number of ketones is 2. The van der Waals surface area contributed by atoms with E-state index in [4.69, 9.17) is 0 Å². The van der Waals surface area contributed by atoms with Gasteiger partial charge in [-0.2, -0.15) is 5.26 Å². The molecule has 1 saturated carbocycles. The molecule has 28 heavy (non-hydrogen) atoms. The van der Waals surface area contributed by atoms with E-state index in [2.05, 4.69) is 31.7 Å². The van der Waals surface area contributed by atoms with Gasteiger partial charge in [-0.05, 0) is 43.1 Å². The first-order valence-electron chi connectivity index (χ1n) is 11.1. The predicted molar refractivity (Wildman–Crippen MR) is 110 cm³/mol. The summed E-state index contributed by atoms with van der Waals surface area (Å²) in [6.45, 7) is 8.49. The fourth-order valence-corrected chi connectivity index (χ4v) is 5.08. The van der Waals surface area contributed by atoms with Gasteiger partial charge in [-0.15, -0.1) is 0 Å². The van der Waals surface area contributed by atoms with E-state index in [0.717, 1.165) is 69.3 Å². The van der Waals surface area contributed by atoms with Gasteiger partial charge in [0, 0.05) is 31.1 Å². The van der Waals surface area contributed by atoms with Crippen LogP contribution in [0.5, 0.6) is 0 Å². The molecule has 0 radical (unpaired) electrons. The van der Waals surface area contributed by atoms with E-state index < -0.39 is 0 Å². The molecular formula is C24H34N2O2. The quantitative estimate of drug-likeness (QED) is 0.364. The molecule has 3 aliphatic rings. The summed E-state index contributed by atoms with van der Waals surface area (Å²) in [5.74, 6) is -0.207. The van der Waals surface area contributed by atoms with Gasteiger partial charge < -0.3 is 4.90 Å². The van der Waals surface area contributed by atoms with Gasteiger partial charge in [0.15, 0.2) is 11.6 Å². The molecular weight excluding hydrogens is 348 g/mol. The Balaban J connectivity index is 1.95. The van der Waals surface area contributed by atoms with E-state index in [0.29, 0.717) is 24.0 Å². The summed E-state index contributed by atoms with van der Waals surface area (Å²) in [6, 6.07) is 2.39. The lowest BCUT2D eigenvalue weighted by atomic mass is 9.72. The normalized spacial score (nSPS) is 27.6. The second-order valence-corrected chi connectivity index (χ2v) is 9.54. The molecule has 0 bridgehead atoms. The van der Waals surface area contributed by atoms with Crippen LogP contribution < -0.4 is 0 Å². The molecule has 2 fully saturated rings. The van der Waals surface area contributed by atoms with Crippen LogP contribution >= 0.6 is 0 Å². The smallest absolute Gasteiger partial charge is 0.170 e. The molecule has 4 nitrogen and oxygen atoms in total. The zero-order valence-electron chi connectivity index (χ0n) is 17.8. The van der Waals surface area contributed by atoms with Crippen LogP contribution in [0, 0.1) is 22.7 Å². The molecule has 152 valence electrons. The van der Waals surface area contributed by atoms with E-state index in [-0.39, 0.29) is 22.9 Å². The van der Waals surface area contributed by atoms with E-state index in [1.807, 2.05) is 0 Å². The number of Topliss-reactive ketones (excluding diaryl/α,β-unsaturated/α-hetero) is 2. The molecule has 1 atom stereocenters. The highest BCUT2D eigenvalue weighted by Gasteiger charge is 2.42.